The maximum absolute atomic E-state index is 13.4. The number of nitrogens with zero attached hydrogens (tertiary/aromatic N) is 3. The maximum atomic E-state index is 13.4. The lowest BCUT2D eigenvalue weighted by Gasteiger charge is -2.25. The molecule has 3 rings (SSSR count). The molecule has 4 nitrogen and oxygen atoms in total. The zero-order valence-electron chi connectivity index (χ0n) is 14.8. The van der Waals surface area contributed by atoms with E-state index in [0.29, 0.717) is 38.3 Å². The molecule has 28 heavy (non-hydrogen) atoms. The van der Waals surface area contributed by atoms with Gasteiger partial charge in [0.05, 0.1) is 16.8 Å². The molecule has 1 saturated heterocycles. The summed E-state index contributed by atoms with van der Waals surface area (Å²) in [5.74, 6) is -0.792. The molecule has 1 aliphatic rings. The van der Waals surface area contributed by atoms with Gasteiger partial charge in [-0.3, -0.25) is 4.79 Å². The van der Waals surface area contributed by atoms with E-state index in [9.17, 15) is 27.6 Å². The van der Waals surface area contributed by atoms with Gasteiger partial charge >= 0.3 is 6.18 Å². The van der Waals surface area contributed by atoms with Gasteiger partial charge in [-0.25, -0.2) is 4.39 Å². The molecule has 2 aromatic carbocycles. The first-order valence-electron chi connectivity index (χ1n) is 8.71. The third-order valence-electron chi connectivity index (χ3n) is 4.64. The normalized spacial score (nSPS) is 15.1. The highest BCUT2D eigenvalue weighted by atomic mass is 19.4. The van der Waals surface area contributed by atoms with Crippen molar-refractivity contribution in [2.75, 3.05) is 31.1 Å². The summed E-state index contributed by atoms with van der Waals surface area (Å²) in [5.41, 5.74) is -0.262. The van der Waals surface area contributed by atoms with Gasteiger partial charge < -0.3 is 9.80 Å². The minimum Gasteiger partial charge on any atom is -0.369 e. The standard InChI is InChI=1S/C20H17F4N3O/c21-17-4-1-3-14(12-17)19(28)27-8-2-7-26(9-10-27)18-6-5-16(20(22,23)24)11-15(18)13-25/h1,3-6,11-12H,2,7-10H2. The highest BCUT2D eigenvalue weighted by Gasteiger charge is 2.31. The van der Waals surface area contributed by atoms with E-state index in [2.05, 4.69) is 0 Å². The summed E-state index contributed by atoms with van der Waals surface area (Å²) < 4.78 is 52.0. The van der Waals surface area contributed by atoms with Gasteiger partial charge in [0.25, 0.3) is 5.91 Å². The highest BCUT2D eigenvalue weighted by Crippen LogP contribution is 2.33. The largest absolute Gasteiger partial charge is 0.416 e. The number of hydrogen-bond donors (Lipinski definition) is 0. The van der Waals surface area contributed by atoms with Crippen LogP contribution in [0.4, 0.5) is 23.2 Å². The molecule has 0 spiro atoms. The molecular formula is C20H17F4N3O. The van der Waals surface area contributed by atoms with Crippen LogP contribution in [0.1, 0.15) is 27.9 Å². The summed E-state index contributed by atoms with van der Waals surface area (Å²) in [6.45, 7) is 1.61. The second kappa shape index (κ2) is 7.89. The number of anilines is 1. The molecule has 0 saturated carbocycles. The Morgan fingerprint density at radius 3 is 2.50 bits per heavy atom. The lowest BCUT2D eigenvalue weighted by atomic mass is 10.1. The van der Waals surface area contributed by atoms with Crippen LogP contribution in [-0.4, -0.2) is 37.0 Å². The molecule has 1 fully saturated rings. The number of carbonyl (C=O) groups is 1. The van der Waals surface area contributed by atoms with Crippen LogP contribution in [0.25, 0.3) is 0 Å². The predicted molar refractivity (Wildman–Crippen MR) is 95.3 cm³/mol. The van der Waals surface area contributed by atoms with E-state index in [0.717, 1.165) is 12.1 Å². The van der Waals surface area contributed by atoms with E-state index >= 15 is 0 Å². The molecule has 2 aromatic rings. The first-order valence-corrected chi connectivity index (χ1v) is 8.71. The number of carbonyl (C=O) groups excluding carboxylic acids is 1. The van der Waals surface area contributed by atoms with Gasteiger partial charge in [-0.05, 0) is 42.8 Å². The minimum absolute atomic E-state index is 0.0558. The van der Waals surface area contributed by atoms with E-state index in [-0.39, 0.29) is 17.0 Å². The van der Waals surface area contributed by atoms with Crippen LogP contribution in [0, 0.1) is 17.1 Å². The lowest BCUT2D eigenvalue weighted by Crippen LogP contribution is -2.35. The molecule has 0 bridgehead atoms. The average molecular weight is 391 g/mol. The van der Waals surface area contributed by atoms with Crippen molar-refractivity contribution in [3.63, 3.8) is 0 Å². The average Bonchev–Trinajstić information content (AvgIpc) is 2.92. The summed E-state index contributed by atoms with van der Waals surface area (Å²) in [6.07, 6.45) is -3.94. The fourth-order valence-corrected chi connectivity index (χ4v) is 3.24. The van der Waals surface area contributed by atoms with Gasteiger partial charge in [-0.2, -0.15) is 18.4 Å². The molecule has 146 valence electrons. The number of halogens is 4. The number of benzene rings is 2. The van der Waals surface area contributed by atoms with Crippen molar-refractivity contribution in [3.8, 4) is 6.07 Å². The minimum atomic E-state index is -4.52. The topological polar surface area (TPSA) is 47.3 Å². The second-order valence-electron chi connectivity index (χ2n) is 6.48. The van der Waals surface area contributed by atoms with Crippen molar-refractivity contribution in [2.24, 2.45) is 0 Å². The Kier molecular flexibility index (Phi) is 5.54. The van der Waals surface area contributed by atoms with Gasteiger partial charge in [-0.15, -0.1) is 0 Å². The monoisotopic (exact) mass is 391 g/mol. The molecule has 1 aliphatic heterocycles. The van der Waals surface area contributed by atoms with Crippen molar-refractivity contribution in [3.05, 3.63) is 65.0 Å². The van der Waals surface area contributed by atoms with E-state index in [1.54, 1.807) is 9.80 Å². The van der Waals surface area contributed by atoms with Crippen LogP contribution in [0.3, 0.4) is 0 Å². The number of nitriles is 1. The Hall–Kier alpha value is -3.08. The predicted octanol–water partition coefficient (Wildman–Crippen LogP) is 4.07. The fraction of sp³-hybridized carbons (Fsp3) is 0.300. The van der Waals surface area contributed by atoms with Crippen LogP contribution in [-0.2, 0) is 6.18 Å². The Bertz CT molecular complexity index is 920. The van der Waals surface area contributed by atoms with Gasteiger partial charge in [0.1, 0.15) is 11.9 Å². The first-order chi connectivity index (χ1) is 13.3. The summed E-state index contributed by atoms with van der Waals surface area (Å²) in [6, 6.07) is 10.4. The zero-order chi connectivity index (χ0) is 20.3. The number of amides is 1. The van der Waals surface area contributed by atoms with E-state index in [4.69, 9.17) is 0 Å². The molecule has 0 aliphatic carbocycles. The number of alkyl halides is 3. The smallest absolute Gasteiger partial charge is 0.369 e. The Morgan fingerprint density at radius 1 is 1.04 bits per heavy atom. The molecule has 1 heterocycles. The summed E-state index contributed by atoms with van der Waals surface area (Å²) in [7, 11) is 0. The summed E-state index contributed by atoms with van der Waals surface area (Å²) >= 11 is 0. The third kappa shape index (κ3) is 4.25. The first kappa shape index (κ1) is 19.7. The van der Waals surface area contributed by atoms with Crippen molar-refractivity contribution < 1.29 is 22.4 Å². The zero-order valence-corrected chi connectivity index (χ0v) is 14.8. The van der Waals surface area contributed by atoms with E-state index in [1.165, 1.54) is 30.3 Å². The van der Waals surface area contributed by atoms with Crippen LogP contribution in [0.5, 0.6) is 0 Å². The van der Waals surface area contributed by atoms with Gasteiger partial charge in [0.2, 0.25) is 0 Å². The third-order valence-corrected chi connectivity index (χ3v) is 4.64. The fourth-order valence-electron chi connectivity index (χ4n) is 3.24. The van der Waals surface area contributed by atoms with E-state index < -0.39 is 17.6 Å². The SMILES string of the molecule is N#Cc1cc(C(F)(F)F)ccc1N1CCCN(C(=O)c2cccc(F)c2)CC1. The summed E-state index contributed by atoms with van der Waals surface area (Å²) in [5, 5.41) is 9.28. The number of hydrogen-bond acceptors (Lipinski definition) is 3. The second-order valence-corrected chi connectivity index (χ2v) is 6.48. The summed E-state index contributed by atoms with van der Waals surface area (Å²) in [4.78, 5) is 16.0. The van der Waals surface area contributed by atoms with Crippen molar-refractivity contribution in [1.29, 1.82) is 5.26 Å². The molecule has 0 atom stereocenters. The Morgan fingerprint density at radius 2 is 1.82 bits per heavy atom. The highest BCUT2D eigenvalue weighted by molar-refractivity contribution is 5.94. The van der Waals surface area contributed by atoms with E-state index in [1.807, 2.05) is 6.07 Å². The van der Waals surface area contributed by atoms with Crippen LogP contribution < -0.4 is 4.90 Å². The van der Waals surface area contributed by atoms with Gasteiger partial charge in [0, 0.05) is 31.7 Å². The van der Waals surface area contributed by atoms with Gasteiger partial charge in [-0.1, -0.05) is 6.07 Å². The molecule has 0 radical (unpaired) electrons. The van der Waals surface area contributed by atoms with Crippen molar-refractivity contribution in [1.82, 2.24) is 4.90 Å². The van der Waals surface area contributed by atoms with Crippen LogP contribution >= 0.6 is 0 Å². The molecule has 1 amide bonds. The van der Waals surface area contributed by atoms with Crippen LogP contribution in [0.15, 0.2) is 42.5 Å². The Labute approximate surface area is 159 Å². The molecular weight excluding hydrogens is 374 g/mol. The van der Waals surface area contributed by atoms with Crippen molar-refractivity contribution >= 4 is 11.6 Å². The van der Waals surface area contributed by atoms with Crippen molar-refractivity contribution in [2.45, 2.75) is 12.6 Å². The maximum Gasteiger partial charge on any atom is 0.416 e. The molecule has 0 unspecified atom stereocenters. The Balaban J connectivity index is 1.77. The lowest BCUT2D eigenvalue weighted by molar-refractivity contribution is -0.137. The molecule has 8 heteroatoms. The molecule has 0 aromatic heterocycles. The molecule has 0 N–H and O–H groups in total. The van der Waals surface area contributed by atoms with Gasteiger partial charge in [0.15, 0.2) is 0 Å². The number of rotatable bonds is 2. The van der Waals surface area contributed by atoms with Crippen LogP contribution in [0.2, 0.25) is 0 Å². The quantitative estimate of drug-likeness (QED) is 0.725.